The quantitative estimate of drug-likeness (QED) is 0.205. The number of carbonyl (C=O) groups is 1. The molecule has 2 rings (SSSR count). The van der Waals surface area contributed by atoms with Crippen LogP contribution in [0.15, 0.2) is 33.2 Å². The van der Waals surface area contributed by atoms with E-state index in [0.29, 0.717) is 22.9 Å². The molecule has 0 fully saturated rings. The van der Waals surface area contributed by atoms with Crippen molar-refractivity contribution in [2.75, 3.05) is 14.2 Å². The van der Waals surface area contributed by atoms with Gasteiger partial charge in [-0.15, -0.1) is 0 Å². The first-order chi connectivity index (χ1) is 11.8. The molecule has 0 saturated carbocycles. The molecular weight excluding hydrogens is 610 g/mol. The van der Waals surface area contributed by atoms with Gasteiger partial charge in [-0.2, -0.15) is 0 Å². The van der Waals surface area contributed by atoms with Crippen LogP contribution in [0, 0.1) is 3.57 Å². The van der Waals surface area contributed by atoms with E-state index >= 15 is 0 Å². The number of aryl methyl sites for hydroxylation is 1. The number of ether oxygens (including phenoxy) is 2. The zero-order valence-corrected chi connectivity index (χ0v) is 20.3. The molecular formula is C17H15Br2Cl2IO3. The fourth-order valence-corrected chi connectivity index (χ4v) is 3.99. The first-order valence-corrected chi connectivity index (χ1v) is 10.4. The molecule has 0 atom stereocenters. The Hall–Kier alpha value is -0.0200. The van der Waals surface area contributed by atoms with E-state index in [4.69, 9.17) is 32.7 Å². The van der Waals surface area contributed by atoms with Crippen LogP contribution < -0.4 is 9.47 Å². The highest BCUT2D eigenvalue weighted by Crippen LogP contribution is 2.32. The maximum atomic E-state index is 10.3. The van der Waals surface area contributed by atoms with E-state index in [2.05, 4.69) is 54.5 Å². The molecule has 0 aliphatic rings. The molecule has 0 saturated heterocycles. The molecule has 3 nitrogen and oxygen atoms in total. The monoisotopic (exact) mass is 622 g/mol. The second kappa shape index (κ2) is 11.6. The number of rotatable bonds is 5. The molecule has 0 unspecified atom stereocenters. The third-order valence-electron chi connectivity index (χ3n) is 3.05. The van der Waals surface area contributed by atoms with Crippen LogP contribution in [0.1, 0.15) is 12.0 Å². The predicted molar refractivity (Wildman–Crippen MR) is 119 cm³/mol. The van der Waals surface area contributed by atoms with Gasteiger partial charge in [0.15, 0.2) is 0 Å². The lowest BCUT2D eigenvalue weighted by Gasteiger charge is -2.08. The average molecular weight is 625 g/mol. The van der Waals surface area contributed by atoms with E-state index in [1.54, 1.807) is 26.4 Å². The fraction of sp³-hybridized carbons (Fsp3) is 0.235. The van der Waals surface area contributed by atoms with Gasteiger partial charge in [-0.1, -0.05) is 23.2 Å². The van der Waals surface area contributed by atoms with Crippen molar-refractivity contribution < 1.29 is 14.3 Å². The number of halogens is 5. The largest absolute Gasteiger partial charge is 0.496 e. The standard InChI is InChI=1S/C10H10BrClO2.C7H5BrClIO/c1-14-10-6-9(12)8(11)5-7(10)3-2-4-13;1-11-7-3-5(9)4(8)2-6(7)10/h4-6H,2-3H2,1H3;2-3H,1H3. The summed E-state index contributed by atoms with van der Waals surface area (Å²) >= 11 is 20.6. The lowest BCUT2D eigenvalue weighted by molar-refractivity contribution is -0.107. The molecule has 0 aliphatic heterocycles. The van der Waals surface area contributed by atoms with E-state index in [9.17, 15) is 4.79 Å². The molecule has 0 aromatic heterocycles. The maximum Gasteiger partial charge on any atom is 0.133 e. The predicted octanol–water partition coefficient (Wildman–Crippen LogP) is 6.96. The summed E-state index contributed by atoms with van der Waals surface area (Å²) in [6.07, 6.45) is 2.05. The molecule has 0 radical (unpaired) electrons. The molecule has 0 N–H and O–H groups in total. The van der Waals surface area contributed by atoms with Gasteiger partial charge in [0.1, 0.15) is 17.8 Å². The van der Waals surface area contributed by atoms with Gasteiger partial charge in [-0.25, -0.2) is 0 Å². The van der Waals surface area contributed by atoms with Crippen LogP contribution in [0.5, 0.6) is 11.5 Å². The Morgan fingerprint density at radius 3 is 2.04 bits per heavy atom. The summed E-state index contributed by atoms with van der Waals surface area (Å²) < 4.78 is 13.0. The van der Waals surface area contributed by atoms with Crippen LogP contribution in [-0.2, 0) is 11.2 Å². The molecule has 0 spiro atoms. The van der Waals surface area contributed by atoms with E-state index in [-0.39, 0.29) is 0 Å². The van der Waals surface area contributed by atoms with E-state index in [1.165, 1.54) is 0 Å². The first kappa shape index (κ1) is 23.0. The van der Waals surface area contributed by atoms with Crippen molar-refractivity contribution >= 4 is 83.9 Å². The van der Waals surface area contributed by atoms with Crippen LogP contribution in [0.3, 0.4) is 0 Å². The molecule has 2 aromatic rings. The van der Waals surface area contributed by atoms with E-state index in [1.807, 2.05) is 12.1 Å². The third kappa shape index (κ3) is 7.25. The highest BCUT2D eigenvalue weighted by Gasteiger charge is 2.07. The van der Waals surface area contributed by atoms with Crippen LogP contribution in [0.4, 0.5) is 0 Å². The Bertz CT molecular complexity index is 742. The topological polar surface area (TPSA) is 35.5 Å². The Morgan fingerprint density at radius 1 is 1.00 bits per heavy atom. The number of hydrogen-bond donors (Lipinski definition) is 0. The Kier molecular flexibility index (Phi) is 10.7. The number of hydrogen-bond acceptors (Lipinski definition) is 3. The molecule has 0 bridgehead atoms. The molecule has 25 heavy (non-hydrogen) atoms. The zero-order valence-electron chi connectivity index (χ0n) is 13.4. The van der Waals surface area contributed by atoms with Gasteiger partial charge >= 0.3 is 0 Å². The summed E-state index contributed by atoms with van der Waals surface area (Å²) in [5.74, 6) is 1.53. The van der Waals surface area contributed by atoms with Crippen molar-refractivity contribution in [2.24, 2.45) is 0 Å². The van der Waals surface area contributed by atoms with Crippen molar-refractivity contribution in [3.63, 3.8) is 0 Å². The van der Waals surface area contributed by atoms with Gasteiger partial charge in [-0.3, -0.25) is 0 Å². The van der Waals surface area contributed by atoms with E-state index in [0.717, 1.165) is 35.9 Å². The fourth-order valence-electron chi connectivity index (χ4n) is 1.83. The van der Waals surface area contributed by atoms with Crippen LogP contribution >= 0.6 is 77.7 Å². The number of aldehydes is 1. The average Bonchev–Trinajstić information content (AvgIpc) is 2.59. The summed E-state index contributed by atoms with van der Waals surface area (Å²) in [6.45, 7) is 0. The summed E-state index contributed by atoms with van der Waals surface area (Å²) in [4.78, 5) is 10.3. The van der Waals surface area contributed by atoms with Crippen molar-refractivity contribution in [1.82, 2.24) is 0 Å². The van der Waals surface area contributed by atoms with E-state index < -0.39 is 0 Å². The second-order valence-corrected chi connectivity index (χ2v) is 8.37. The van der Waals surface area contributed by atoms with Crippen LogP contribution in [0.2, 0.25) is 10.0 Å². The molecule has 8 heteroatoms. The zero-order chi connectivity index (χ0) is 19.0. The summed E-state index contributed by atoms with van der Waals surface area (Å²) in [7, 11) is 3.21. The highest BCUT2D eigenvalue weighted by molar-refractivity contribution is 14.1. The highest BCUT2D eigenvalue weighted by atomic mass is 127. The second-order valence-electron chi connectivity index (χ2n) is 4.68. The van der Waals surface area contributed by atoms with Gasteiger partial charge in [0, 0.05) is 27.5 Å². The SMILES string of the molecule is COc1cc(Cl)c(Br)cc1CCC=O.COc1cc(Cl)c(Br)cc1I. The minimum absolute atomic E-state index is 0.491. The lowest BCUT2D eigenvalue weighted by atomic mass is 10.1. The Balaban J connectivity index is 0.000000257. The number of benzene rings is 2. The molecule has 0 aliphatic carbocycles. The summed E-state index contributed by atoms with van der Waals surface area (Å²) in [5.41, 5.74) is 0.982. The molecule has 2 aromatic carbocycles. The van der Waals surface area contributed by atoms with Crippen molar-refractivity contribution in [3.8, 4) is 11.5 Å². The Labute approximate surface area is 187 Å². The smallest absolute Gasteiger partial charge is 0.133 e. The van der Waals surface area contributed by atoms with Crippen LogP contribution in [-0.4, -0.2) is 20.5 Å². The van der Waals surface area contributed by atoms with Crippen molar-refractivity contribution in [1.29, 1.82) is 0 Å². The molecule has 136 valence electrons. The summed E-state index contributed by atoms with van der Waals surface area (Å²) in [5, 5.41) is 1.28. The third-order valence-corrected chi connectivity index (χ3v) is 6.29. The number of carbonyl (C=O) groups excluding carboxylic acids is 1. The molecule has 0 heterocycles. The molecule has 0 amide bonds. The normalized spacial score (nSPS) is 9.88. The number of methoxy groups -OCH3 is 2. The maximum absolute atomic E-state index is 10.3. The first-order valence-electron chi connectivity index (χ1n) is 6.98. The summed E-state index contributed by atoms with van der Waals surface area (Å²) in [6, 6.07) is 7.32. The van der Waals surface area contributed by atoms with Gasteiger partial charge in [0.05, 0.1) is 27.8 Å². The van der Waals surface area contributed by atoms with Gasteiger partial charge < -0.3 is 14.3 Å². The Morgan fingerprint density at radius 2 is 1.52 bits per heavy atom. The van der Waals surface area contributed by atoms with Gasteiger partial charge in [0.2, 0.25) is 0 Å². The van der Waals surface area contributed by atoms with Crippen molar-refractivity contribution in [3.05, 3.63) is 52.4 Å². The van der Waals surface area contributed by atoms with Crippen molar-refractivity contribution in [2.45, 2.75) is 12.8 Å². The van der Waals surface area contributed by atoms with Crippen LogP contribution in [0.25, 0.3) is 0 Å². The minimum Gasteiger partial charge on any atom is -0.496 e. The lowest BCUT2D eigenvalue weighted by Crippen LogP contribution is -1.93. The minimum atomic E-state index is 0.491. The van der Waals surface area contributed by atoms with Gasteiger partial charge in [0.25, 0.3) is 0 Å². The van der Waals surface area contributed by atoms with Gasteiger partial charge in [-0.05, 0) is 78.6 Å².